The first-order chi connectivity index (χ1) is 25.2. The number of ether oxygens (including phenoxy) is 2. The van der Waals surface area contributed by atoms with Crippen LogP contribution in [0.15, 0.2) is 68.8 Å². The SMILES string of the molecule is CC[C@@H]1c2ccccc2C=C(c2cc(O)ccc2-c2cc(=O)c3c(O)c(O)c(O[C@H]4O[C@H](C(=O)O)[C@@H](O)[C@@](O)(CN=C(N)N)[C@H]4O)cc3o2)[C@@H]1CNC. The molecule has 7 atom stereocenters. The quantitative estimate of drug-likeness (QED) is 0.0626. The molecule has 1 fully saturated rings. The van der Waals surface area contributed by atoms with E-state index in [1.807, 2.05) is 31.3 Å². The van der Waals surface area contributed by atoms with Crippen molar-refractivity contribution in [2.75, 3.05) is 20.1 Å². The van der Waals surface area contributed by atoms with E-state index < -0.39 is 76.7 Å². The van der Waals surface area contributed by atoms with E-state index in [4.69, 9.17) is 25.4 Å². The van der Waals surface area contributed by atoms with Gasteiger partial charge in [-0.3, -0.25) is 9.79 Å². The molecule has 2 aliphatic rings. The van der Waals surface area contributed by atoms with E-state index in [1.165, 1.54) is 11.6 Å². The number of fused-ring (bicyclic) bond motifs is 2. The van der Waals surface area contributed by atoms with Crippen molar-refractivity contribution in [2.45, 2.75) is 49.5 Å². The molecule has 1 aromatic heterocycles. The number of aromatic hydroxyl groups is 3. The Hall–Kier alpha value is -5.65. The van der Waals surface area contributed by atoms with Crippen molar-refractivity contribution in [3.8, 4) is 34.3 Å². The number of nitrogens with one attached hydrogen (secondary N) is 1. The highest BCUT2D eigenvalue weighted by molar-refractivity contribution is 5.94. The lowest BCUT2D eigenvalue weighted by Crippen LogP contribution is -2.70. The zero-order valence-corrected chi connectivity index (χ0v) is 28.6. The number of guanidine groups is 1. The van der Waals surface area contributed by atoms with Crippen molar-refractivity contribution >= 4 is 34.5 Å². The smallest absolute Gasteiger partial charge is 0.335 e. The summed E-state index contributed by atoms with van der Waals surface area (Å²) in [5.41, 5.74) is 11.0. The monoisotopic (exact) mass is 732 g/mol. The minimum absolute atomic E-state index is 0.0270. The lowest BCUT2D eigenvalue weighted by molar-refractivity contribution is -0.303. The number of phenols is 3. The van der Waals surface area contributed by atoms with Crippen LogP contribution in [0.25, 0.3) is 33.9 Å². The van der Waals surface area contributed by atoms with Crippen molar-refractivity contribution in [2.24, 2.45) is 22.4 Å². The van der Waals surface area contributed by atoms with Gasteiger partial charge in [0.25, 0.3) is 0 Å². The van der Waals surface area contributed by atoms with Gasteiger partial charge in [0, 0.05) is 30.2 Å². The van der Waals surface area contributed by atoms with E-state index in [1.54, 1.807) is 12.1 Å². The number of aliphatic hydroxyl groups is 3. The van der Waals surface area contributed by atoms with E-state index in [2.05, 4.69) is 23.3 Å². The maximum Gasteiger partial charge on any atom is 0.335 e. The molecule has 1 saturated heterocycles. The van der Waals surface area contributed by atoms with Crippen LogP contribution in [-0.2, 0) is 9.53 Å². The summed E-state index contributed by atoms with van der Waals surface area (Å²) in [6, 6.07) is 14.8. The number of nitrogens with two attached hydrogens (primary N) is 2. The molecule has 16 nitrogen and oxygen atoms in total. The first-order valence-electron chi connectivity index (χ1n) is 16.7. The molecule has 16 heteroatoms. The van der Waals surface area contributed by atoms with Crippen molar-refractivity contribution in [1.82, 2.24) is 5.32 Å². The Kier molecular flexibility index (Phi) is 10.1. The zero-order valence-electron chi connectivity index (χ0n) is 28.6. The fourth-order valence-electron chi connectivity index (χ4n) is 7.20. The Morgan fingerprint density at radius 2 is 1.74 bits per heavy atom. The lowest BCUT2D eigenvalue weighted by atomic mass is 9.71. The third-order valence-electron chi connectivity index (χ3n) is 9.82. The Labute approximate surface area is 301 Å². The van der Waals surface area contributed by atoms with Crippen molar-refractivity contribution in [3.05, 3.63) is 81.5 Å². The second-order valence-electron chi connectivity index (χ2n) is 13.1. The van der Waals surface area contributed by atoms with E-state index in [0.717, 1.165) is 29.7 Å². The van der Waals surface area contributed by atoms with Crippen LogP contribution >= 0.6 is 0 Å². The Bertz CT molecular complexity index is 2180. The van der Waals surface area contributed by atoms with Crippen molar-refractivity contribution in [3.63, 3.8) is 0 Å². The Morgan fingerprint density at radius 1 is 1.00 bits per heavy atom. The van der Waals surface area contributed by atoms with Crippen LogP contribution in [0.5, 0.6) is 23.0 Å². The summed E-state index contributed by atoms with van der Waals surface area (Å²) in [6.45, 7) is 1.83. The summed E-state index contributed by atoms with van der Waals surface area (Å²) < 4.78 is 17.0. The molecular weight excluding hydrogens is 692 g/mol. The first-order valence-corrected chi connectivity index (χ1v) is 16.7. The van der Waals surface area contributed by atoms with Gasteiger partial charge >= 0.3 is 5.97 Å². The highest BCUT2D eigenvalue weighted by atomic mass is 16.7. The fraction of sp³-hybridized carbons (Fsp3) is 0.324. The normalized spacial score (nSPS) is 25.3. The summed E-state index contributed by atoms with van der Waals surface area (Å²) in [6.07, 6.45) is -5.87. The molecule has 2 heterocycles. The number of benzene rings is 3. The molecule has 12 N–H and O–H groups in total. The third-order valence-corrected chi connectivity index (χ3v) is 9.82. The average molecular weight is 733 g/mol. The van der Waals surface area contributed by atoms with Crippen molar-refractivity contribution in [1.29, 1.82) is 0 Å². The molecule has 53 heavy (non-hydrogen) atoms. The standard InChI is InChI=1S/C37H40N4O12/c1-3-18-19-7-5-4-6-16(19)10-21(23(18)14-40-2)22-11-17(42)8-9-20(22)25-12-24(43)28-26(51-25)13-27(29(44)30(28)45)52-35-33(47)37(50,15-41-36(38)39)32(46)31(53-35)34(48)49/h4-13,18,23,31-33,35,40,42,44-47,50H,3,14-15H2,1-2H3,(H,48,49)(H4,38,39,41)/t18-,23-,31+,32-,33+,35+,37+/m1/s1. The molecule has 0 saturated carbocycles. The molecule has 6 rings (SSSR count). The maximum atomic E-state index is 13.6. The van der Waals surface area contributed by atoms with Crippen LogP contribution in [0.4, 0.5) is 0 Å². The molecule has 0 amide bonds. The van der Waals surface area contributed by atoms with E-state index >= 15 is 0 Å². The highest BCUT2D eigenvalue weighted by Gasteiger charge is 2.58. The zero-order chi connectivity index (χ0) is 38.4. The third kappa shape index (κ3) is 6.62. The largest absolute Gasteiger partial charge is 0.508 e. The molecule has 1 aliphatic heterocycles. The van der Waals surface area contributed by atoms with E-state index in [-0.39, 0.29) is 28.9 Å². The van der Waals surface area contributed by atoms with Crippen molar-refractivity contribution < 1.29 is 54.4 Å². The first kappa shape index (κ1) is 37.1. The number of rotatable bonds is 10. The van der Waals surface area contributed by atoms with Gasteiger partial charge in [0.2, 0.25) is 12.0 Å². The van der Waals surface area contributed by atoms with Gasteiger partial charge in [-0.2, -0.15) is 0 Å². The minimum atomic E-state index is -2.73. The number of carboxylic acid groups (broad SMARTS) is 1. The predicted octanol–water partition coefficient (Wildman–Crippen LogP) is 1.37. The number of aliphatic hydroxyl groups excluding tert-OH is 2. The number of aliphatic carboxylic acids is 1. The number of carbonyl (C=O) groups is 1. The summed E-state index contributed by atoms with van der Waals surface area (Å²) in [7, 11) is 1.85. The van der Waals surface area contributed by atoms with Crippen LogP contribution in [0.1, 0.15) is 36.0 Å². The molecule has 3 aromatic carbocycles. The average Bonchev–Trinajstić information content (AvgIpc) is 3.12. The van der Waals surface area contributed by atoms with Gasteiger partial charge in [0.1, 0.15) is 40.3 Å². The Balaban J connectivity index is 1.47. The van der Waals surface area contributed by atoms with Gasteiger partial charge in [-0.1, -0.05) is 37.3 Å². The number of carboxylic acids is 1. The van der Waals surface area contributed by atoms with Gasteiger partial charge in [-0.05, 0) is 59.8 Å². The van der Waals surface area contributed by atoms with Gasteiger partial charge in [-0.15, -0.1) is 0 Å². The summed E-state index contributed by atoms with van der Waals surface area (Å²) in [5.74, 6) is -4.84. The van der Waals surface area contributed by atoms with E-state index in [9.17, 15) is 45.3 Å². The Morgan fingerprint density at radius 3 is 2.42 bits per heavy atom. The van der Waals surface area contributed by atoms with Gasteiger partial charge in [0.15, 0.2) is 29.0 Å². The highest BCUT2D eigenvalue weighted by Crippen LogP contribution is 2.48. The number of aliphatic imine (C=N–C) groups is 1. The number of nitrogens with zero attached hydrogens (tertiary/aromatic N) is 1. The molecule has 0 radical (unpaired) electrons. The summed E-state index contributed by atoms with van der Waals surface area (Å²) in [5, 5.41) is 77.9. The summed E-state index contributed by atoms with van der Waals surface area (Å²) in [4.78, 5) is 29.1. The lowest BCUT2D eigenvalue weighted by Gasteiger charge is -2.45. The van der Waals surface area contributed by atoms with Gasteiger partial charge < -0.3 is 66.4 Å². The maximum absolute atomic E-state index is 13.6. The molecule has 0 bridgehead atoms. The van der Waals surface area contributed by atoms with Crippen LogP contribution in [0.2, 0.25) is 0 Å². The molecule has 4 aromatic rings. The molecule has 280 valence electrons. The van der Waals surface area contributed by atoms with Crippen LogP contribution < -0.4 is 26.9 Å². The number of hydrogen-bond acceptors (Lipinski definition) is 13. The fourth-order valence-corrected chi connectivity index (χ4v) is 7.20. The van der Waals surface area contributed by atoms with Gasteiger partial charge in [0.05, 0.1) is 6.54 Å². The summed E-state index contributed by atoms with van der Waals surface area (Å²) >= 11 is 0. The van der Waals surface area contributed by atoms with E-state index in [0.29, 0.717) is 17.7 Å². The number of phenolic OH excluding ortho intramolecular Hbond substituents is 3. The van der Waals surface area contributed by atoms with Gasteiger partial charge in [-0.25, -0.2) is 4.79 Å². The molecule has 0 spiro atoms. The number of hydrogen-bond donors (Lipinski definition) is 10. The molecular formula is C37H40N4O12. The minimum Gasteiger partial charge on any atom is -0.508 e. The topological polar surface area (TPSA) is 284 Å². The molecule has 1 aliphatic carbocycles. The molecule has 0 unspecified atom stereocenters. The second kappa shape index (κ2) is 14.4. The second-order valence-corrected chi connectivity index (χ2v) is 13.1. The van der Waals surface area contributed by atoms with Crippen LogP contribution in [0, 0.1) is 5.92 Å². The van der Waals surface area contributed by atoms with Crippen LogP contribution in [-0.4, -0.2) is 98.0 Å². The van der Waals surface area contributed by atoms with Crippen LogP contribution in [0.3, 0.4) is 0 Å². The predicted molar refractivity (Wildman–Crippen MR) is 192 cm³/mol.